The molecule has 0 spiro atoms. The molecule has 1 heterocycles. The van der Waals surface area contributed by atoms with Crippen molar-refractivity contribution in [3.8, 4) is 0 Å². The fraction of sp³-hybridized carbons (Fsp3) is 0.889. The molecule has 0 aliphatic carbocycles. The summed E-state index contributed by atoms with van der Waals surface area (Å²) in [6, 6.07) is -1.68. The third-order valence-electron chi connectivity index (χ3n) is 2.48. The van der Waals surface area contributed by atoms with Crippen molar-refractivity contribution in [1.82, 2.24) is 10.2 Å². The van der Waals surface area contributed by atoms with Crippen LogP contribution in [0.3, 0.4) is 0 Å². The van der Waals surface area contributed by atoms with Gasteiger partial charge >= 0.3 is 6.18 Å². The van der Waals surface area contributed by atoms with Gasteiger partial charge in [0.15, 0.2) is 0 Å². The van der Waals surface area contributed by atoms with Crippen LogP contribution >= 0.6 is 11.6 Å². The van der Waals surface area contributed by atoms with Gasteiger partial charge in [0, 0.05) is 19.6 Å². The van der Waals surface area contributed by atoms with Gasteiger partial charge in [-0.15, -0.1) is 11.6 Å². The van der Waals surface area contributed by atoms with Crippen LogP contribution in [-0.2, 0) is 9.53 Å². The van der Waals surface area contributed by atoms with E-state index in [1.165, 1.54) is 4.90 Å². The summed E-state index contributed by atoms with van der Waals surface area (Å²) in [4.78, 5) is 12.1. The minimum Gasteiger partial charge on any atom is -0.379 e. The number of rotatable bonds is 4. The number of morpholine rings is 1. The largest absolute Gasteiger partial charge is 0.405 e. The van der Waals surface area contributed by atoms with Gasteiger partial charge in [-0.05, 0) is 0 Å². The fourth-order valence-corrected chi connectivity index (χ4v) is 1.69. The first-order valence-corrected chi connectivity index (χ1v) is 5.69. The summed E-state index contributed by atoms with van der Waals surface area (Å²) in [6.45, 7) is 0.489. The molecule has 0 bridgehead atoms. The average molecular weight is 275 g/mol. The number of hydrogen-bond donors (Lipinski definition) is 1. The second-order valence-electron chi connectivity index (χ2n) is 3.64. The zero-order valence-electron chi connectivity index (χ0n) is 9.10. The number of alkyl halides is 4. The van der Waals surface area contributed by atoms with Gasteiger partial charge in [-0.3, -0.25) is 9.69 Å². The van der Waals surface area contributed by atoms with E-state index in [9.17, 15) is 18.0 Å². The number of nitrogens with zero attached hydrogens (tertiary/aromatic N) is 1. The van der Waals surface area contributed by atoms with Crippen LogP contribution in [0, 0.1) is 0 Å². The Morgan fingerprint density at radius 1 is 1.41 bits per heavy atom. The van der Waals surface area contributed by atoms with E-state index in [0.717, 1.165) is 0 Å². The summed E-state index contributed by atoms with van der Waals surface area (Å²) < 4.78 is 43.4. The standard InChI is InChI=1S/C9H14ClF3N2O2/c10-5-8(16)14-6-7(9(11,12)13)15-1-3-17-4-2-15/h7H,1-6H2,(H,14,16). The molecule has 1 N–H and O–H groups in total. The van der Waals surface area contributed by atoms with E-state index >= 15 is 0 Å². The van der Waals surface area contributed by atoms with Crippen molar-refractivity contribution in [1.29, 1.82) is 0 Å². The molecule has 1 aliphatic heterocycles. The Bertz CT molecular complexity index is 257. The molecule has 0 aromatic heterocycles. The maximum Gasteiger partial charge on any atom is 0.405 e. The highest BCUT2D eigenvalue weighted by Crippen LogP contribution is 2.25. The molecule has 0 radical (unpaired) electrons. The molecule has 100 valence electrons. The number of nitrogens with one attached hydrogen (secondary N) is 1. The Labute approximate surface area is 102 Å². The number of halogens is 4. The molecule has 0 aromatic rings. The predicted octanol–water partition coefficient (Wildman–Crippen LogP) is 0.605. The van der Waals surface area contributed by atoms with Crippen LogP contribution in [0.5, 0.6) is 0 Å². The highest BCUT2D eigenvalue weighted by molar-refractivity contribution is 6.27. The Morgan fingerprint density at radius 3 is 2.47 bits per heavy atom. The topological polar surface area (TPSA) is 41.6 Å². The van der Waals surface area contributed by atoms with E-state index in [4.69, 9.17) is 16.3 Å². The summed E-state index contributed by atoms with van der Waals surface area (Å²) in [5.41, 5.74) is 0. The van der Waals surface area contributed by atoms with Crippen LogP contribution in [0.1, 0.15) is 0 Å². The first-order chi connectivity index (χ1) is 7.95. The second kappa shape index (κ2) is 6.42. The van der Waals surface area contributed by atoms with Crippen molar-refractivity contribution in [2.75, 3.05) is 38.7 Å². The van der Waals surface area contributed by atoms with Gasteiger partial charge in [0.25, 0.3) is 0 Å². The Morgan fingerprint density at radius 2 is 2.00 bits per heavy atom. The molecule has 1 rings (SSSR count). The molecule has 1 saturated heterocycles. The quantitative estimate of drug-likeness (QED) is 0.764. The number of hydrogen-bond acceptors (Lipinski definition) is 3. The molecule has 4 nitrogen and oxygen atoms in total. The van der Waals surface area contributed by atoms with Gasteiger partial charge in [0.05, 0.1) is 13.2 Å². The summed E-state index contributed by atoms with van der Waals surface area (Å²) in [7, 11) is 0. The zero-order valence-corrected chi connectivity index (χ0v) is 9.85. The summed E-state index contributed by atoms with van der Waals surface area (Å²) in [5, 5.41) is 2.16. The zero-order chi connectivity index (χ0) is 12.9. The highest BCUT2D eigenvalue weighted by Gasteiger charge is 2.43. The van der Waals surface area contributed by atoms with Gasteiger partial charge < -0.3 is 10.1 Å². The van der Waals surface area contributed by atoms with Crippen LogP contribution < -0.4 is 5.32 Å². The van der Waals surface area contributed by atoms with E-state index < -0.39 is 24.7 Å². The molecule has 0 aromatic carbocycles. The van der Waals surface area contributed by atoms with Crippen molar-refractivity contribution < 1.29 is 22.7 Å². The summed E-state index contributed by atoms with van der Waals surface area (Å²) in [5.74, 6) is -0.942. The number of amides is 1. The second-order valence-corrected chi connectivity index (χ2v) is 3.91. The Kier molecular flexibility index (Phi) is 5.48. The Balaban J connectivity index is 2.56. The first kappa shape index (κ1) is 14.5. The van der Waals surface area contributed by atoms with Crippen LogP contribution in [0.25, 0.3) is 0 Å². The molecule has 0 saturated carbocycles. The molecule has 1 unspecified atom stereocenters. The van der Waals surface area contributed by atoms with E-state index in [2.05, 4.69) is 5.32 Å². The van der Waals surface area contributed by atoms with E-state index in [-0.39, 0.29) is 32.2 Å². The van der Waals surface area contributed by atoms with Gasteiger partial charge in [0.1, 0.15) is 11.9 Å². The summed E-state index contributed by atoms with van der Waals surface area (Å²) >= 11 is 5.21. The molecule has 1 atom stereocenters. The lowest BCUT2D eigenvalue weighted by Gasteiger charge is -2.35. The van der Waals surface area contributed by atoms with Crippen LogP contribution in [0.15, 0.2) is 0 Å². The van der Waals surface area contributed by atoms with E-state index in [1.807, 2.05) is 0 Å². The number of carbonyl (C=O) groups excluding carboxylic acids is 1. The molecular weight excluding hydrogens is 261 g/mol. The average Bonchev–Trinajstić information content (AvgIpc) is 2.28. The molecule has 1 amide bonds. The third-order valence-corrected chi connectivity index (χ3v) is 2.72. The molecular formula is C9H14ClF3N2O2. The van der Waals surface area contributed by atoms with Gasteiger partial charge in [-0.2, -0.15) is 13.2 Å². The van der Waals surface area contributed by atoms with Crippen molar-refractivity contribution in [2.24, 2.45) is 0 Å². The molecule has 1 fully saturated rings. The van der Waals surface area contributed by atoms with Crippen molar-refractivity contribution in [3.05, 3.63) is 0 Å². The third kappa shape index (κ3) is 4.69. The number of ether oxygens (including phenoxy) is 1. The normalized spacial score (nSPS) is 20.0. The smallest absolute Gasteiger partial charge is 0.379 e. The minimum atomic E-state index is -4.38. The van der Waals surface area contributed by atoms with Crippen LogP contribution in [0.4, 0.5) is 13.2 Å². The molecule has 17 heavy (non-hydrogen) atoms. The maximum absolute atomic E-state index is 12.8. The van der Waals surface area contributed by atoms with Crippen molar-refractivity contribution in [2.45, 2.75) is 12.2 Å². The lowest BCUT2D eigenvalue weighted by Crippen LogP contribution is -2.55. The van der Waals surface area contributed by atoms with Crippen LogP contribution in [0.2, 0.25) is 0 Å². The summed E-state index contributed by atoms with van der Waals surface area (Å²) in [6.07, 6.45) is -4.38. The minimum absolute atomic E-state index is 0.209. The van der Waals surface area contributed by atoms with E-state index in [1.54, 1.807) is 0 Å². The lowest BCUT2D eigenvalue weighted by molar-refractivity contribution is -0.190. The fourth-order valence-electron chi connectivity index (χ4n) is 1.60. The van der Waals surface area contributed by atoms with E-state index in [0.29, 0.717) is 0 Å². The van der Waals surface area contributed by atoms with Gasteiger partial charge in [-0.1, -0.05) is 0 Å². The molecule has 8 heteroatoms. The van der Waals surface area contributed by atoms with Gasteiger partial charge in [0.2, 0.25) is 5.91 Å². The predicted molar refractivity (Wildman–Crippen MR) is 56.0 cm³/mol. The molecule has 1 aliphatic rings. The van der Waals surface area contributed by atoms with Crippen LogP contribution in [-0.4, -0.2) is 61.8 Å². The van der Waals surface area contributed by atoms with Gasteiger partial charge in [-0.25, -0.2) is 0 Å². The monoisotopic (exact) mass is 274 g/mol. The first-order valence-electron chi connectivity index (χ1n) is 5.16. The van der Waals surface area contributed by atoms with Crippen molar-refractivity contribution >= 4 is 17.5 Å². The van der Waals surface area contributed by atoms with Crippen molar-refractivity contribution in [3.63, 3.8) is 0 Å². The maximum atomic E-state index is 12.8. The Hall–Kier alpha value is -0.530. The lowest BCUT2D eigenvalue weighted by atomic mass is 10.2. The number of carbonyl (C=O) groups is 1. The SMILES string of the molecule is O=C(CCl)NCC(N1CCOCC1)C(F)(F)F. The highest BCUT2D eigenvalue weighted by atomic mass is 35.5.